The van der Waals surface area contributed by atoms with Crippen LogP contribution in [-0.2, 0) is 11.2 Å². The van der Waals surface area contributed by atoms with Crippen molar-refractivity contribution in [3.63, 3.8) is 0 Å². The summed E-state index contributed by atoms with van der Waals surface area (Å²) in [6.45, 7) is 6.47. The molecule has 1 amide bonds. The third kappa shape index (κ3) is 11.2. The van der Waals surface area contributed by atoms with Crippen LogP contribution in [0.1, 0.15) is 38.7 Å². The van der Waals surface area contributed by atoms with Crippen LogP contribution in [0.3, 0.4) is 0 Å². The third-order valence-corrected chi connectivity index (χ3v) is 4.16. The van der Waals surface area contributed by atoms with Crippen LogP contribution < -0.4 is 20.1 Å². The molecule has 0 spiro atoms. The highest BCUT2D eigenvalue weighted by molar-refractivity contribution is 14.0. The minimum absolute atomic E-state index is 0. The molecule has 0 aliphatic heterocycles. The number of nitrogens with zero attached hydrogens (tertiary/aromatic N) is 2. The number of hydrogen-bond acceptors (Lipinski definition) is 4. The Hall–Kier alpha value is -1.71. The maximum absolute atomic E-state index is 11.8. The van der Waals surface area contributed by atoms with Gasteiger partial charge in [-0.05, 0) is 43.9 Å². The largest absolute Gasteiger partial charge is 0.493 e. The molecular weight excluding hydrogens is 483 g/mol. The summed E-state index contributed by atoms with van der Waals surface area (Å²) in [7, 11) is 5.12. The number of likely N-dealkylation sites (N-methyl/N-ethyl adjacent to an activating group) is 1. The van der Waals surface area contributed by atoms with Gasteiger partial charge in [-0.15, -0.1) is 24.0 Å². The van der Waals surface area contributed by atoms with Gasteiger partial charge in [-0.1, -0.05) is 19.4 Å². The molecular formula is C21H37IN4O3. The number of carbonyl (C=O) groups is 1. The fourth-order valence-electron chi connectivity index (χ4n) is 2.49. The summed E-state index contributed by atoms with van der Waals surface area (Å²) in [6.07, 6.45) is 4.02. The Labute approximate surface area is 192 Å². The molecule has 0 heterocycles. The van der Waals surface area contributed by atoms with Crippen molar-refractivity contribution in [2.45, 2.75) is 39.5 Å². The molecule has 0 saturated heterocycles. The number of hydrogen-bond donors (Lipinski definition) is 2. The standard InChI is InChI=1S/C21H36N4O3.HI/c1-6-8-13-22-21(24-16-20(26)25(3)4)23-14-9-10-17-11-12-18(27-5)19(15-17)28-7-2;/h11-12,15H,6-10,13-14,16H2,1-5H3,(H2,22,23,24);1H. The second kappa shape index (κ2) is 16.1. The van der Waals surface area contributed by atoms with Crippen molar-refractivity contribution in [1.82, 2.24) is 15.5 Å². The van der Waals surface area contributed by atoms with E-state index in [2.05, 4.69) is 28.6 Å². The predicted molar refractivity (Wildman–Crippen MR) is 130 cm³/mol. The van der Waals surface area contributed by atoms with Crippen LogP contribution in [0.15, 0.2) is 23.2 Å². The molecule has 1 aromatic rings. The van der Waals surface area contributed by atoms with E-state index in [1.54, 1.807) is 26.1 Å². The maximum atomic E-state index is 11.8. The molecule has 0 fully saturated rings. The summed E-state index contributed by atoms with van der Waals surface area (Å²) in [4.78, 5) is 17.7. The van der Waals surface area contributed by atoms with Gasteiger partial charge in [0.25, 0.3) is 0 Å². The minimum Gasteiger partial charge on any atom is -0.493 e. The zero-order chi connectivity index (χ0) is 20.8. The first-order valence-corrected chi connectivity index (χ1v) is 10.0. The number of ether oxygens (including phenoxy) is 2. The lowest BCUT2D eigenvalue weighted by Crippen LogP contribution is -2.39. The average molecular weight is 520 g/mol. The second-order valence-electron chi connectivity index (χ2n) is 6.68. The van der Waals surface area contributed by atoms with Crippen LogP contribution in [0.25, 0.3) is 0 Å². The Morgan fingerprint density at radius 2 is 1.79 bits per heavy atom. The fraction of sp³-hybridized carbons (Fsp3) is 0.619. The van der Waals surface area contributed by atoms with Crippen LogP contribution in [-0.4, -0.2) is 64.2 Å². The van der Waals surface area contributed by atoms with Gasteiger partial charge in [-0.2, -0.15) is 0 Å². The van der Waals surface area contributed by atoms with Crippen molar-refractivity contribution in [2.75, 3.05) is 47.4 Å². The molecule has 1 rings (SSSR count). The summed E-state index contributed by atoms with van der Waals surface area (Å²) in [5, 5.41) is 6.60. The summed E-state index contributed by atoms with van der Waals surface area (Å²) < 4.78 is 11.0. The molecule has 0 unspecified atom stereocenters. The van der Waals surface area contributed by atoms with E-state index < -0.39 is 0 Å². The lowest BCUT2D eigenvalue weighted by atomic mass is 10.1. The van der Waals surface area contributed by atoms with Crippen molar-refractivity contribution >= 4 is 35.8 Å². The van der Waals surface area contributed by atoms with Gasteiger partial charge in [0.1, 0.15) is 6.54 Å². The van der Waals surface area contributed by atoms with E-state index in [0.717, 1.165) is 50.3 Å². The van der Waals surface area contributed by atoms with E-state index in [-0.39, 0.29) is 36.4 Å². The Morgan fingerprint density at radius 1 is 1.10 bits per heavy atom. The van der Waals surface area contributed by atoms with Gasteiger partial charge < -0.3 is 25.0 Å². The van der Waals surface area contributed by atoms with Crippen molar-refractivity contribution in [2.24, 2.45) is 4.99 Å². The van der Waals surface area contributed by atoms with Gasteiger partial charge in [0.05, 0.1) is 13.7 Å². The first kappa shape index (κ1) is 27.3. The topological polar surface area (TPSA) is 75.2 Å². The van der Waals surface area contributed by atoms with Crippen LogP contribution in [0.5, 0.6) is 11.5 Å². The van der Waals surface area contributed by atoms with E-state index in [1.165, 1.54) is 5.56 Å². The average Bonchev–Trinajstić information content (AvgIpc) is 2.69. The first-order chi connectivity index (χ1) is 13.5. The van der Waals surface area contributed by atoms with Crippen molar-refractivity contribution < 1.29 is 14.3 Å². The number of amides is 1. The van der Waals surface area contributed by atoms with Crippen LogP contribution in [0, 0.1) is 0 Å². The van der Waals surface area contributed by atoms with Gasteiger partial charge in [0, 0.05) is 27.2 Å². The number of aryl methyl sites for hydroxylation is 1. The zero-order valence-corrected chi connectivity index (χ0v) is 20.7. The molecule has 8 heteroatoms. The highest BCUT2D eigenvalue weighted by atomic mass is 127. The van der Waals surface area contributed by atoms with E-state index in [9.17, 15) is 4.79 Å². The Kier molecular flexibility index (Phi) is 15.2. The number of halogens is 1. The van der Waals surface area contributed by atoms with Gasteiger partial charge in [0.15, 0.2) is 17.5 Å². The van der Waals surface area contributed by atoms with E-state index in [4.69, 9.17) is 9.47 Å². The SMILES string of the molecule is CCCCNC(=NCC(=O)N(C)C)NCCCc1ccc(OC)c(OCC)c1.I. The van der Waals surface area contributed by atoms with Gasteiger partial charge in [0.2, 0.25) is 5.91 Å². The fourth-order valence-corrected chi connectivity index (χ4v) is 2.49. The quantitative estimate of drug-likeness (QED) is 0.192. The number of aliphatic imine (C=N–C) groups is 1. The Morgan fingerprint density at radius 3 is 2.38 bits per heavy atom. The van der Waals surface area contributed by atoms with Crippen LogP contribution in [0.4, 0.5) is 0 Å². The number of rotatable bonds is 12. The Balaban J connectivity index is 0.00000784. The third-order valence-electron chi connectivity index (χ3n) is 4.16. The Bertz CT molecular complexity index is 624. The molecule has 1 aromatic carbocycles. The highest BCUT2D eigenvalue weighted by Gasteiger charge is 2.06. The van der Waals surface area contributed by atoms with Crippen molar-refractivity contribution in [1.29, 1.82) is 0 Å². The zero-order valence-electron chi connectivity index (χ0n) is 18.4. The van der Waals surface area contributed by atoms with Gasteiger partial charge in [-0.25, -0.2) is 4.99 Å². The number of methoxy groups -OCH3 is 1. The highest BCUT2D eigenvalue weighted by Crippen LogP contribution is 2.28. The molecule has 0 aliphatic carbocycles. The molecule has 2 N–H and O–H groups in total. The second-order valence-corrected chi connectivity index (χ2v) is 6.68. The smallest absolute Gasteiger partial charge is 0.243 e. The molecule has 0 radical (unpaired) electrons. The number of nitrogens with one attached hydrogen (secondary N) is 2. The van der Waals surface area contributed by atoms with Crippen molar-refractivity contribution in [3.05, 3.63) is 23.8 Å². The molecule has 0 bridgehead atoms. The van der Waals surface area contributed by atoms with Crippen LogP contribution >= 0.6 is 24.0 Å². The number of guanidine groups is 1. The van der Waals surface area contributed by atoms with Gasteiger partial charge in [-0.3, -0.25) is 4.79 Å². The summed E-state index contributed by atoms with van der Waals surface area (Å²) in [5.41, 5.74) is 1.20. The molecule has 0 aromatic heterocycles. The molecule has 0 aliphatic rings. The summed E-state index contributed by atoms with van der Waals surface area (Å²) >= 11 is 0. The van der Waals surface area contributed by atoms with Gasteiger partial charge >= 0.3 is 0 Å². The monoisotopic (exact) mass is 520 g/mol. The number of unbranched alkanes of at least 4 members (excludes halogenated alkanes) is 1. The van der Waals surface area contributed by atoms with E-state index in [0.29, 0.717) is 12.6 Å². The van der Waals surface area contributed by atoms with E-state index in [1.807, 2.05) is 19.1 Å². The molecule has 29 heavy (non-hydrogen) atoms. The molecule has 0 atom stereocenters. The number of carbonyl (C=O) groups excluding carboxylic acids is 1. The molecule has 166 valence electrons. The summed E-state index contributed by atoms with van der Waals surface area (Å²) in [5.74, 6) is 2.21. The van der Waals surface area contributed by atoms with Crippen molar-refractivity contribution in [3.8, 4) is 11.5 Å². The molecule has 0 saturated carbocycles. The lowest BCUT2D eigenvalue weighted by molar-refractivity contribution is -0.127. The molecule has 7 nitrogen and oxygen atoms in total. The normalized spacial score (nSPS) is 10.7. The minimum atomic E-state index is -0.0155. The first-order valence-electron chi connectivity index (χ1n) is 10.0. The number of benzene rings is 1. The van der Waals surface area contributed by atoms with Crippen LogP contribution in [0.2, 0.25) is 0 Å². The maximum Gasteiger partial charge on any atom is 0.243 e. The summed E-state index contributed by atoms with van der Waals surface area (Å²) in [6, 6.07) is 6.04. The lowest BCUT2D eigenvalue weighted by Gasteiger charge is -2.14. The predicted octanol–water partition coefficient (Wildman–Crippen LogP) is 3.07. The van der Waals surface area contributed by atoms with E-state index >= 15 is 0 Å².